The van der Waals surface area contributed by atoms with Crippen molar-refractivity contribution in [3.8, 4) is 0 Å². The van der Waals surface area contributed by atoms with Crippen molar-refractivity contribution in [2.24, 2.45) is 5.16 Å². The van der Waals surface area contributed by atoms with Crippen molar-refractivity contribution in [2.45, 2.75) is 51.6 Å². The first-order valence-electron chi connectivity index (χ1n) is 12.4. The number of fused-ring (bicyclic) bond motifs is 2. The molecule has 1 aromatic carbocycles. The zero-order chi connectivity index (χ0) is 25.3. The average Bonchev–Trinajstić information content (AvgIpc) is 3.15. The molecule has 2 atom stereocenters. The number of amides is 2. The molecule has 2 aliphatic heterocycles. The van der Waals surface area contributed by atoms with Crippen molar-refractivity contribution < 1.29 is 28.8 Å². The van der Waals surface area contributed by atoms with Gasteiger partial charge < -0.3 is 24.6 Å². The molecule has 1 aromatic rings. The van der Waals surface area contributed by atoms with Crippen molar-refractivity contribution in [3.05, 3.63) is 48.0 Å². The Morgan fingerprint density at radius 2 is 2.03 bits per heavy atom. The summed E-state index contributed by atoms with van der Waals surface area (Å²) in [6.07, 6.45) is 5.95. The molecule has 9 nitrogen and oxygen atoms in total. The van der Waals surface area contributed by atoms with Gasteiger partial charge in [0.05, 0.1) is 6.42 Å². The molecule has 3 rings (SSSR count). The van der Waals surface area contributed by atoms with Crippen LogP contribution in [-0.4, -0.2) is 83.5 Å². The first-order valence-corrected chi connectivity index (χ1v) is 12.4. The number of esters is 1. The second kappa shape index (κ2) is 12.5. The molecule has 0 saturated carbocycles. The fourth-order valence-electron chi connectivity index (χ4n) is 4.95. The third-order valence-electron chi connectivity index (χ3n) is 6.70. The highest BCUT2D eigenvalue weighted by Gasteiger charge is 2.53. The summed E-state index contributed by atoms with van der Waals surface area (Å²) in [4.78, 5) is 38.8. The summed E-state index contributed by atoms with van der Waals surface area (Å²) >= 11 is 0. The molecule has 9 heteroatoms. The lowest BCUT2D eigenvalue weighted by molar-refractivity contribution is -0.922. The molecule has 2 saturated heterocycles. The van der Waals surface area contributed by atoms with E-state index in [-0.39, 0.29) is 43.4 Å². The van der Waals surface area contributed by atoms with Gasteiger partial charge in [0.15, 0.2) is 6.54 Å². The van der Waals surface area contributed by atoms with Crippen molar-refractivity contribution in [1.29, 1.82) is 0 Å². The van der Waals surface area contributed by atoms with Gasteiger partial charge in [-0.1, -0.05) is 56.1 Å². The van der Waals surface area contributed by atoms with Gasteiger partial charge in [-0.25, -0.2) is 0 Å². The zero-order valence-corrected chi connectivity index (χ0v) is 20.6. The molecule has 2 aliphatic rings. The van der Waals surface area contributed by atoms with Gasteiger partial charge >= 0.3 is 5.97 Å². The number of carbonyl (C=O) groups is 3. The van der Waals surface area contributed by atoms with Crippen LogP contribution in [0.1, 0.15) is 54.9 Å². The summed E-state index contributed by atoms with van der Waals surface area (Å²) in [5, 5.41) is 15.9. The molecule has 0 aromatic heterocycles. The largest absolute Gasteiger partial charge is 0.461 e. The van der Waals surface area contributed by atoms with Crippen molar-refractivity contribution in [1.82, 2.24) is 10.2 Å². The Balaban J connectivity index is 1.56. The van der Waals surface area contributed by atoms with Crippen LogP contribution in [0.15, 0.2) is 42.1 Å². The Hall–Kier alpha value is -3.20. The molecule has 2 fully saturated rings. The molecule has 2 amide bonds. The van der Waals surface area contributed by atoms with E-state index in [1.54, 1.807) is 12.1 Å². The van der Waals surface area contributed by atoms with Crippen LogP contribution in [0, 0.1) is 0 Å². The van der Waals surface area contributed by atoms with E-state index in [1.165, 1.54) is 6.08 Å². The van der Waals surface area contributed by atoms with E-state index < -0.39 is 0 Å². The van der Waals surface area contributed by atoms with E-state index in [2.05, 4.69) is 24.0 Å². The zero-order valence-electron chi connectivity index (χ0n) is 20.6. The molecule has 0 radical (unpaired) electrons. The van der Waals surface area contributed by atoms with Crippen LogP contribution >= 0.6 is 0 Å². The molecule has 0 spiro atoms. The van der Waals surface area contributed by atoms with Crippen LogP contribution in [0.5, 0.6) is 0 Å². The highest BCUT2D eigenvalue weighted by Crippen LogP contribution is 2.30. The fourth-order valence-corrected chi connectivity index (χ4v) is 4.95. The van der Waals surface area contributed by atoms with Crippen LogP contribution in [0.3, 0.4) is 0 Å². The molecule has 35 heavy (non-hydrogen) atoms. The SMILES string of the molecule is C=CCOC(=O)CCNC(=O)c1ccc(C[N+]23CC(=O)N(CCCCCC)C(C2)/C(=N/O)C3)cc1. The summed E-state index contributed by atoms with van der Waals surface area (Å²) < 4.78 is 5.42. The number of piperazine rings is 1. The topological polar surface area (TPSA) is 108 Å². The normalized spacial score (nSPS) is 22.3. The predicted octanol–water partition coefficient (Wildman–Crippen LogP) is 2.49. The number of benzene rings is 1. The van der Waals surface area contributed by atoms with E-state index in [1.807, 2.05) is 17.0 Å². The highest BCUT2D eigenvalue weighted by molar-refractivity contribution is 5.97. The fraction of sp³-hybridized carbons (Fsp3) is 0.538. The Morgan fingerprint density at radius 3 is 2.71 bits per heavy atom. The Labute approximate surface area is 207 Å². The highest BCUT2D eigenvalue weighted by atomic mass is 16.5. The van der Waals surface area contributed by atoms with E-state index in [0.717, 1.165) is 37.8 Å². The maximum Gasteiger partial charge on any atom is 0.307 e. The maximum atomic E-state index is 13.0. The van der Waals surface area contributed by atoms with Gasteiger partial charge in [0.2, 0.25) is 0 Å². The number of carbonyl (C=O) groups excluding carboxylic acids is 3. The van der Waals surface area contributed by atoms with E-state index in [0.29, 0.717) is 41.9 Å². The van der Waals surface area contributed by atoms with Crippen LogP contribution < -0.4 is 5.32 Å². The second-order valence-corrected chi connectivity index (χ2v) is 9.43. The average molecular weight is 486 g/mol. The summed E-state index contributed by atoms with van der Waals surface area (Å²) in [6.45, 7) is 8.99. The van der Waals surface area contributed by atoms with Crippen molar-refractivity contribution in [2.75, 3.05) is 39.3 Å². The molecule has 2 N–H and O–H groups in total. The summed E-state index contributed by atoms with van der Waals surface area (Å²) in [5.74, 6) is -0.540. The predicted molar refractivity (Wildman–Crippen MR) is 132 cm³/mol. The molecule has 2 bridgehead atoms. The number of oxime groups is 1. The number of nitrogens with zero attached hydrogens (tertiary/aromatic N) is 3. The molecule has 2 unspecified atom stereocenters. The Kier molecular flexibility index (Phi) is 9.42. The number of ether oxygens (including phenoxy) is 1. The quantitative estimate of drug-likeness (QED) is 0.111. The monoisotopic (exact) mass is 485 g/mol. The van der Waals surface area contributed by atoms with Gasteiger partial charge in [-0.15, -0.1) is 0 Å². The van der Waals surface area contributed by atoms with Crippen LogP contribution in [-0.2, 0) is 20.9 Å². The smallest absolute Gasteiger partial charge is 0.307 e. The third-order valence-corrected chi connectivity index (χ3v) is 6.70. The molecular weight excluding hydrogens is 448 g/mol. The number of hydrogen-bond donors (Lipinski definition) is 2. The van der Waals surface area contributed by atoms with Gasteiger partial charge in [0.25, 0.3) is 11.8 Å². The lowest BCUT2D eigenvalue weighted by Crippen LogP contribution is -2.60. The first-order chi connectivity index (χ1) is 16.9. The molecule has 190 valence electrons. The van der Waals surface area contributed by atoms with Crippen LogP contribution in [0.2, 0.25) is 0 Å². The van der Waals surface area contributed by atoms with Crippen molar-refractivity contribution >= 4 is 23.5 Å². The third kappa shape index (κ3) is 6.91. The number of unbranched alkanes of at least 4 members (excludes halogenated alkanes) is 3. The molecule has 2 heterocycles. The van der Waals surface area contributed by atoms with E-state index >= 15 is 0 Å². The first kappa shape index (κ1) is 26.4. The molecular formula is C26H37N4O5+. The van der Waals surface area contributed by atoms with Crippen molar-refractivity contribution in [3.63, 3.8) is 0 Å². The van der Waals surface area contributed by atoms with Gasteiger partial charge in [-0.05, 0) is 18.6 Å². The number of quaternary nitrogens is 1. The Morgan fingerprint density at radius 1 is 1.26 bits per heavy atom. The number of nitrogens with one attached hydrogen (secondary N) is 1. The maximum absolute atomic E-state index is 13.0. The minimum Gasteiger partial charge on any atom is -0.461 e. The summed E-state index contributed by atoms with van der Waals surface area (Å²) in [6, 6.07) is 7.14. The van der Waals surface area contributed by atoms with Crippen LogP contribution in [0.4, 0.5) is 0 Å². The lowest BCUT2D eigenvalue weighted by Gasteiger charge is -2.40. The van der Waals surface area contributed by atoms with Gasteiger partial charge in [-0.3, -0.25) is 14.4 Å². The van der Waals surface area contributed by atoms with Gasteiger partial charge in [-0.2, -0.15) is 0 Å². The van der Waals surface area contributed by atoms with Gasteiger partial charge in [0, 0.05) is 24.2 Å². The standard InChI is InChI=1S/C26H36N4O5/c1-3-5-6-7-14-29-23-18-30(19-24(29)31,17-22(23)28-34)16-20-8-10-21(11-9-20)26(33)27-13-12-25(32)35-15-4-2/h4,8-11,23H,2-3,5-7,12-19H2,1H3,(H-,27,33,34)/p+1/b28-22+. The Bertz CT molecular complexity index is 946. The second-order valence-electron chi connectivity index (χ2n) is 9.43. The molecule has 0 aliphatic carbocycles. The van der Waals surface area contributed by atoms with E-state index in [4.69, 9.17) is 4.74 Å². The minimum absolute atomic E-state index is 0.0945. The summed E-state index contributed by atoms with van der Waals surface area (Å²) in [7, 11) is 0. The minimum atomic E-state index is -0.389. The van der Waals surface area contributed by atoms with E-state index in [9.17, 15) is 19.6 Å². The number of rotatable bonds is 13. The number of hydrogen-bond acceptors (Lipinski definition) is 6. The lowest BCUT2D eigenvalue weighted by atomic mass is 10.1. The van der Waals surface area contributed by atoms with Crippen LogP contribution in [0.25, 0.3) is 0 Å². The van der Waals surface area contributed by atoms with Gasteiger partial charge in [0.1, 0.15) is 38.0 Å². The summed E-state index contributed by atoms with van der Waals surface area (Å²) in [5.41, 5.74) is 2.18.